The molecule has 4 N–H and O–H groups in total. The van der Waals surface area contributed by atoms with E-state index < -0.39 is 0 Å². The third-order valence-electron chi connectivity index (χ3n) is 2.85. The van der Waals surface area contributed by atoms with Crippen LogP contribution in [-0.4, -0.2) is 11.0 Å². The van der Waals surface area contributed by atoms with Crippen molar-refractivity contribution in [2.45, 2.75) is 19.9 Å². The first-order valence-corrected chi connectivity index (χ1v) is 6.41. The van der Waals surface area contributed by atoms with Gasteiger partial charge in [-0.05, 0) is 43.7 Å². The first-order valence-electron chi connectivity index (χ1n) is 6.41. The third-order valence-corrected chi connectivity index (χ3v) is 2.85. The molecule has 1 unspecified atom stereocenters. The minimum atomic E-state index is -0.288. The maximum absolute atomic E-state index is 11.8. The van der Waals surface area contributed by atoms with Gasteiger partial charge in [0.2, 0.25) is 0 Å². The number of anilines is 2. The molecule has 2 rings (SSSR count). The normalized spacial score (nSPS) is 11.8. The first kappa shape index (κ1) is 14.0. The van der Waals surface area contributed by atoms with Crippen molar-refractivity contribution in [1.29, 1.82) is 0 Å². The van der Waals surface area contributed by atoms with E-state index in [2.05, 4.69) is 15.6 Å². The lowest BCUT2D eigenvalue weighted by Crippen LogP contribution is -2.19. The van der Waals surface area contributed by atoms with Crippen LogP contribution in [0, 0.1) is 6.92 Å². The maximum Gasteiger partial charge on any atom is 0.323 e. The van der Waals surface area contributed by atoms with E-state index in [0.29, 0.717) is 5.69 Å². The average molecular weight is 270 g/mol. The second-order valence-electron chi connectivity index (χ2n) is 4.68. The molecule has 0 aliphatic carbocycles. The number of aryl methyl sites for hydroxylation is 1. The van der Waals surface area contributed by atoms with Gasteiger partial charge in [0.25, 0.3) is 0 Å². The van der Waals surface area contributed by atoms with Gasteiger partial charge in [0.15, 0.2) is 0 Å². The summed E-state index contributed by atoms with van der Waals surface area (Å²) in [6.45, 7) is 3.79. The van der Waals surface area contributed by atoms with Crippen molar-refractivity contribution in [3.63, 3.8) is 0 Å². The number of nitrogens with zero attached hydrogens (tertiary/aromatic N) is 1. The quantitative estimate of drug-likeness (QED) is 0.802. The Morgan fingerprint density at radius 1 is 1.15 bits per heavy atom. The van der Waals surface area contributed by atoms with Crippen molar-refractivity contribution >= 4 is 17.4 Å². The number of rotatable bonds is 3. The molecule has 1 aromatic heterocycles. The number of carbonyl (C=O) groups is 1. The Hall–Kier alpha value is -2.40. The molecule has 0 saturated carbocycles. The summed E-state index contributed by atoms with van der Waals surface area (Å²) >= 11 is 0. The highest BCUT2D eigenvalue weighted by Crippen LogP contribution is 2.14. The van der Waals surface area contributed by atoms with Crippen LogP contribution in [0.2, 0.25) is 0 Å². The average Bonchev–Trinajstić information content (AvgIpc) is 2.39. The van der Waals surface area contributed by atoms with Crippen LogP contribution in [0.4, 0.5) is 16.2 Å². The highest BCUT2D eigenvalue weighted by Gasteiger charge is 2.04. The van der Waals surface area contributed by atoms with E-state index in [-0.39, 0.29) is 12.1 Å². The van der Waals surface area contributed by atoms with Gasteiger partial charge in [-0.2, -0.15) is 0 Å². The molecule has 1 heterocycles. The zero-order valence-electron chi connectivity index (χ0n) is 11.6. The van der Waals surface area contributed by atoms with E-state index in [0.717, 1.165) is 16.9 Å². The second kappa shape index (κ2) is 6.16. The lowest BCUT2D eigenvalue weighted by Gasteiger charge is -2.10. The van der Waals surface area contributed by atoms with Gasteiger partial charge >= 0.3 is 6.03 Å². The predicted octanol–water partition coefficient (Wildman–Crippen LogP) is 3.05. The number of benzene rings is 1. The molecule has 2 aromatic rings. The first-order chi connectivity index (χ1) is 9.54. The van der Waals surface area contributed by atoms with Crippen LogP contribution in [0.25, 0.3) is 0 Å². The number of pyridine rings is 1. The highest BCUT2D eigenvalue weighted by atomic mass is 16.2. The van der Waals surface area contributed by atoms with Gasteiger partial charge in [0, 0.05) is 29.3 Å². The number of hydrogen-bond acceptors (Lipinski definition) is 3. The molecular weight excluding hydrogens is 252 g/mol. The highest BCUT2D eigenvalue weighted by molar-refractivity contribution is 5.99. The van der Waals surface area contributed by atoms with Crippen LogP contribution in [0.15, 0.2) is 42.6 Å². The number of urea groups is 1. The van der Waals surface area contributed by atoms with E-state index in [1.54, 1.807) is 18.3 Å². The SMILES string of the molecule is Cc1cc(NC(=O)Nc2ccc(C(C)N)cc2)ccn1. The number of carbonyl (C=O) groups excluding carboxylic acids is 1. The van der Waals surface area contributed by atoms with E-state index >= 15 is 0 Å². The van der Waals surface area contributed by atoms with Crippen molar-refractivity contribution in [2.24, 2.45) is 5.73 Å². The molecule has 0 saturated heterocycles. The number of hydrogen-bond donors (Lipinski definition) is 3. The van der Waals surface area contributed by atoms with Gasteiger partial charge in [-0.3, -0.25) is 4.98 Å². The summed E-state index contributed by atoms with van der Waals surface area (Å²) < 4.78 is 0. The molecule has 0 bridgehead atoms. The van der Waals surface area contributed by atoms with Crippen LogP contribution >= 0.6 is 0 Å². The number of nitrogens with one attached hydrogen (secondary N) is 2. The van der Waals surface area contributed by atoms with Crippen LogP contribution in [0.1, 0.15) is 24.2 Å². The Balaban J connectivity index is 1.97. The Kier molecular flexibility index (Phi) is 4.32. The van der Waals surface area contributed by atoms with Crippen molar-refractivity contribution in [2.75, 3.05) is 10.6 Å². The summed E-state index contributed by atoms with van der Waals surface area (Å²) in [7, 11) is 0. The fourth-order valence-electron chi connectivity index (χ4n) is 1.79. The lowest BCUT2D eigenvalue weighted by atomic mass is 10.1. The fraction of sp³-hybridized carbons (Fsp3) is 0.200. The third kappa shape index (κ3) is 3.80. The molecule has 2 amide bonds. The van der Waals surface area contributed by atoms with Crippen molar-refractivity contribution in [1.82, 2.24) is 4.98 Å². The molecule has 104 valence electrons. The van der Waals surface area contributed by atoms with E-state index in [9.17, 15) is 4.79 Å². The van der Waals surface area contributed by atoms with Gasteiger partial charge in [-0.25, -0.2) is 4.79 Å². The maximum atomic E-state index is 11.8. The summed E-state index contributed by atoms with van der Waals surface area (Å²) in [6.07, 6.45) is 1.66. The molecule has 5 nitrogen and oxygen atoms in total. The van der Waals surface area contributed by atoms with Crippen molar-refractivity contribution in [3.05, 3.63) is 53.9 Å². The van der Waals surface area contributed by atoms with Crippen LogP contribution in [-0.2, 0) is 0 Å². The molecule has 0 aliphatic rings. The monoisotopic (exact) mass is 270 g/mol. The van der Waals surface area contributed by atoms with E-state index in [4.69, 9.17) is 5.73 Å². The van der Waals surface area contributed by atoms with Gasteiger partial charge < -0.3 is 16.4 Å². The van der Waals surface area contributed by atoms with Gasteiger partial charge in [0.05, 0.1) is 0 Å². The van der Waals surface area contributed by atoms with E-state index in [1.165, 1.54) is 0 Å². The second-order valence-corrected chi connectivity index (χ2v) is 4.68. The zero-order valence-corrected chi connectivity index (χ0v) is 11.6. The molecule has 1 atom stereocenters. The number of aromatic nitrogens is 1. The lowest BCUT2D eigenvalue weighted by molar-refractivity contribution is 0.262. The molecule has 20 heavy (non-hydrogen) atoms. The van der Waals surface area contributed by atoms with Gasteiger partial charge in [-0.15, -0.1) is 0 Å². The van der Waals surface area contributed by atoms with Crippen LogP contribution in [0.3, 0.4) is 0 Å². The van der Waals surface area contributed by atoms with Crippen molar-refractivity contribution in [3.8, 4) is 0 Å². The standard InChI is InChI=1S/C15H18N4O/c1-10-9-14(7-8-17-10)19-15(20)18-13-5-3-12(4-6-13)11(2)16/h3-9,11H,16H2,1-2H3,(H2,17,18,19,20). The smallest absolute Gasteiger partial charge is 0.323 e. The molecular formula is C15H18N4O. The summed E-state index contributed by atoms with van der Waals surface area (Å²) in [6, 6.07) is 10.7. The Morgan fingerprint density at radius 3 is 2.40 bits per heavy atom. The summed E-state index contributed by atoms with van der Waals surface area (Å²) in [5.74, 6) is 0. The number of amides is 2. The minimum absolute atomic E-state index is 0.0160. The largest absolute Gasteiger partial charge is 0.324 e. The topological polar surface area (TPSA) is 80.0 Å². The van der Waals surface area contributed by atoms with Crippen LogP contribution < -0.4 is 16.4 Å². The Bertz CT molecular complexity index is 593. The summed E-state index contributed by atoms with van der Waals surface area (Å²) in [5.41, 5.74) is 9.09. The minimum Gasteiger partial charge on any atom is -0.324 e. The van der Waals surface area contributed by atoms with Gasteiger partial charge in [0.1, 0.15) is 0 Å². The molecule has 0 fully saturated rings. The van der Waals surface area contributed by atoms with Crippen LogP contribution in [0.5, 0.6) is 0 Å². The zero-order chi connectivity index (χ0) is 14.5. The number of nitrogens with two attached hydrogens (primary N) is 1. The molecule has 0 radical (unpaired) electrons. The Labute approximate surface area is 118 Å². The van der Waals surface area contributed by atoms with Gasteiger partial charge in [-0.1, -0.05) is 12.1 Å². The summed E-state index contributed by atoms with van der Waals surface area (Å²) in [4.78, 5) is 15.9. The molecule has 1 aromatic carbocycles. The predicted molar refractivity (Wildman–Crippen MR) is 80.7 cm³/mol. The van der Waals surface area contributed by atoms with E-state index in [1.807, 2.05) is 38.1 Å². The fourth-order valence-corrected chi connectivity index (χ4v) is 1.79. The molecule has 0 aliphatic heterocycles. The molecule has 5 heteroatoms. The molecule has 0 spiro atoms. The Morgan fingerprint density at radius 2 is 1.80 bits per heavy atom. The van der Waals surface area contributed by atoms with Crippen molar-refractivity contribution < 1.29 is 4.79 Å². The summed E-state index contributed by atoms with van der Waals surface area (Å²) in [5, 5.41) is 5.52.